The van der Waals surface area contributed by atoms with Gasteiger partial charge in [-0.25, -0.2) is 14.8 Å². The van der Waals surface area contributed by atoms with Crippen LogP contribution in [0.15, 0.2) is 54.6 Å². The number of nitrogens with one attached hydrogen (secondary N) is 1. The van der Waals surface area contributed by atoms with E-state index in [0.717, 1.165) is 35.2 Å². The highest BCUT2D eigenvalue weighted by molar-refractivity contribution is 6.30. The third-order valence-corrected chi connectivity index (χ3v) is 5.48. The first kappa shape index (κ1) is 21.8. The molecule has 2 aromatic heterocycles. The first-order valence-corrected chi connectivity index (χ1v) is 10.9. The summed E-state index contributed by atoms with van der Waals surface area (Å²) in [7, 11) is 1.82. The molecule has 0 aliphatic rings. The van der Waals surface area contributed by atoms with E-state index in [0.29, 0.717) is 28.6 Å². The van der Waals surface area contributed by atoms with Gasteiger partial charge in [0.05, 0.1) is 5.69 Å². The summed E-state index contributed by atoms with van der Waals surface area (Å²) in [5.74, 6) is -0.0175. The number of aromatic nitrogens is 4. The molecule has 0 aliphatic carbocycles. The topological polar surface area (TPSA) is 92.9 Å². The molecule has 0 fully saturated rings. The van der Waals surface area contributed by atoms with E-state index in [1.165, 1.54) is 0 Å². The van der Waals surface area contributed by atoms with Crippen LogP contribution in [0, 0.1) is 0 Å². The third kappa shape index (κ3) is 4.57. The van der Waals surface area contributed by atoms with Crippen LogP contribution in [-0.4, -0.2) is 36.9 Å². The second-order valence-corrected chi connectivity index (χ2v) is 8.08. The minimum Gasteiger partial charge on any atom is -0.480 e. The smallest absolute Gasteiger partial charge is 0.326 e. The fourth-order valence-electron chi connectivity index (χ4n) is 3.69. The number of carboxylic acids is 1. The predicted octanol–water partition coefficient (Wildman–Crippen LogP) is 4.74. The predicted molar refractivity (Wildman–Crippen MR) is 126 cm³/mol. The van der Waals surface area contributed by atoms with E-state index >= 15 is 0 Å². The number of carboxylic acid groups (broad SMARTS) is 1. The quantitative estimate of drug-likeness (QED) is 0.403. The van der Waals surface area contributed by atoms with Crippen molar-refractivity contribution in [2.75, 3.05) is 5.32 Å². The molecule has 0 radical (unpaired) electrons. The Balaban J connectivity index is 1.82. The first-order chi connectivity index (χ1) is 15.5. The van der Waals surface area contributed by atoms with Crippen molar-refractivity contribution in [1.29, 1.82) is 0 Å². The summed E-state index contributed by atoms with van der Waals surface area (Å²) >= 11 is 6.04. The summed E-state index contributed by atoms with van der Waals surface area (Å²) in [5.41, 5.74) is 3.99. The minimum absolute atomic E-state index is 0.317. The number of rotatable bonds is 8. The number of halogens is 1. The SMILES string of the molecule is CCCc1nn(C)c2c(NC(Cc3ccccc3)C(=O)O)nc(-c3ccc(Cl)cc3)nc12. The molecule has 4 aromatic rings. The molecule has 8 heteroatoms. The van der Waals surface area contributed by atoms with Gasteiger partial charge in [-0.3, -0.25) is 4.68 Å². The Bertz CT molecular complexity index is 1240. The van der Waals surface area contributed by atoms with Crippen LogP contribution in [0.4, 0.5) is 5.82 Å². The van der Waals surface area contributed by atoms with Gasteiger partial charge in [-0.1, -0.05) is 55.3 Å². The highest BCUT2D eigenvalue weighted by Crippen LogP contribution is 2.29. The zero-order chi connectivity index (χ0) is 22.7. The Labute approximate surface area is 191 Å². The van der Waals surface area contributed by atoms with E-state index in [2.05, 4.69) is 17.3 Å². The van der Waals surface area contributed by atoms with Gasteiger partial charge in [0.25, 0.3) is 0 Å². The summed E-state index contributed by atoms with van der Waals surface area (Å²) in [6.07, 6.45) is 2.00. The highest BCUT2D eigenvalue weighted by atomic mass is 35.5. The van der Waals surface area contributed by atoms with E-state index in [1.807, 2.05) is 49.5 Å². The minimum atomic E-state index is -0.954. The highest BCUT2D eigenvalue weighted by Gasteiger charge is 2.23. The third-order valence-electron chi connectivity index (χ3n) is 5.23. The van der Waals surface area contributed by atoms with Gasteiger partial charge >= 0.3 is 5.97 Å². The number of aliphatic carboxylic acids is 1. The molecule has 0 saturated carbocycles. The lowest BCUT2D eigenvalue weighted by atomic mass is 10.1. The molecule has 2 aromatic carbocycles. The zero-order valence-electron chi connectivity index (χ0n) is 17.9. The number of aryl methyl sites for hydroxylation is 2. The Kier molecular flexibility index (Phi) is 6.37. The average Bonchev–Trinajstić information content (AvgIpc) is 3.10. The van der Waals surface area contributed by atoms with Crippen molar-refractivity contribution in [1.82, 2.24) is 19.7 Å². The molecule has 4 rings (SSSR count). The van der Waals surface area contributed by atoms with E-state index in [4.69, 9.17) is 21.6 Å². The van der Waals surface area contributed by atoms with E-state index in [1.54, 1.807) is 16.8 Å². The van der Waals surface area contributed by atoms with Gasteiger partial charge in [-0.15, -0.1) is 0 Å². The molecule has 2 N–H and O–H groups in total. The molecule has 0 amide bonds. The van der Waals surface area contributed by atoms with Gasteiger partial charge in [0, 0.05) is 24.1 Å². The molecule has 7 nitrogen and oxygen atoms in total. The van der Waals surface area contributed by atoms with E-state index in [9.17, 15) is 9.90 Å². The van der Waals surface area contributed by atoms with Gasteiger partial charge in [-0.2, -0.15) is 5.10 Å². The lowest BCUT2D eigenvalue weighted by molar-refractivity contribution is -0.137. The molecule has 1 atom stereocenters. The number of carbonyl (C=O) groups is 1. The largest absolute Gasteiger partial charge is 0.480 e. The van der Waals surface area contributed by atoms with Gasteiger partial charge in [-0.05, 0) is 36.2 Å². The van der Waals surface area contributed by atoms with Crippen molar-refractivity contribution in [3.63, 3.8) is 0 Å². The zero-order valence-corrected chi connectivity index (χ0v) is 18.7. The fourth-order valence-corrected chi connectivity index (χ4v) is 3.82. The second-order valence-electron chi connectivity index (χ2n) is 7.65. The van der Waals surface area contributed by atoms with Crippen LogP contribution in [0.2, 0.25) is 5.02 Å². The number of anilines is 1. The standard InChI is InChI=1S/C24H24ClN5O2/c1-3-7-18-20-21(30(2)29-18)23(28-22(27-20)16-10-12-17(25)13-11-16)26-19(24(31)32)14-15-8-5-4-6-9-15/h4-6,8-13,19H,3,7,14H2,1-2H3,(H,31,32)(H,26,27,28). The van der Waals surface area contributed by atoms with Crippen molar-refractivity contribution in [2.24, 2.45) is 7.05 Å². The second kappa shape index (κ2) is 9.36. The Morgan fingerprint density at radius 1 is 1.12 bits per heavy atom. The fraction of sp³-hybridized carbons (Fsp3) is 0.250. The normalized spacial score (nSPS) is 12.1. The average molecular weight is 450 g/mol. The molecule has 2 heterocycles. The van der Waals surface area contributed by atoms with E-state index < -0.39 is 12.0 Å². The molecule has 0 bridgehead atoms. The molecular weight excluding hydrogens is 426 g/mol. The van der Waals surface area contributed by atoms with Crippen molar-refractivity contribution in [3.8, 4) is 11.4 Å². The maximum Gasteiger partial charge on any atom is 0.326 e. The maximum absolute atomic E-state index is 12.1. The maximum atomic E-state index is 12.1. The van der Waals surface area contributed by atoms with E-state index in [-0.39, 0.29) is 0 Å². The van der Waals surface area contributed by atoms with Crippen LogP contribution in [0.5, 0.6) is 0 Å². The van der Waals surface area contributed by atoms with Crippen molar-refractivity contribution in [3.05, 3.63) is 70.9 Å². The molecule has 164 valence electrons. The summed E-state index contributed by atoms with van der Waals surface area (Å²) in [4.78, 5) is 21.6. The number of nitrogens with zero attached hydrogens (tertiary/aromatic N) is 4. The lowest BCUT2D eigenvalue weighted by Gasteiger charge is -2.17. The Morgan fingerprint density at radius 2 is 1.84 bits per heavy atom. The molecule has 1 unspecified atom stereocenters. The monoisotopic (exact) mass is 449 g/mol. The first-order valence-electron chi connectivity index (χ1n) is 10.5. The van der Waals surface area contributed by atoms with Crippen LogP contribution < -0.4 is 5.32 Å². The molecule has 0 saturated heterocycles. The molecule has 32 heavy (non-hydrogen) atoms. The van der Waals surface area contributed by atoms with Crippen molar-refractivity contribution >= 4 is 34.4 Å². The number of hydrogen-bond acceptors (Lipinski definition) is 5. The molecular formula is C24H24ClN5O2. The van der Waals surface area contributed by atoms with Crippen molar-refractivity contribution in [2.45, 2.75) is 32.2 Å². The van der Waals surface area contributed by atoms with Crippen LogP contribution in [0.25, 0.3) is 22.4 Å². The van der Waals surface area contributed by atoms with Crippen LogP contribution in [-0.2, 0) is 24.7 Å². The Hall–Kier alpha value is -3.45. The number of benzene rings is 2. The van der Waals surface area contributed by atoms with Crippen LogP contribution in [0.3, 0.4) is 0 Å². The lowest BCUT2D eigenvalue weighted by Crippen LogP contribution is -2.32. The summed E-state index contributed by atoms with van der Waals surface area (Å²) in [5, 5.41) is 18.3. The van der Waals surface area contributed by atoms with Crippen molar-refractivity contribution < 1.29 is 9.90 Å². The molecule has 0 spiro atoms. The van der Waals surface area contributed by atoms with Gasteiger partial charge in [0.15, 0.2) is 11.6 Å². The summed E-state index contributed by atoms with van der Waals surface area (Å²) in [6, 6.07) is 15.9. The number of fused-ring (bicyclic) bond motifs is 1. The number of hydrogen-bond donors (Lipinski definition) is 2. The van der Waals surface area contributed by atoms with Gasteiger partial charge in [0.1, 0.15) is 17.1 Å². The Morgan fingerprint density at radius 3 is 2.50 bits per heavy atom. The van der Waals surface area contributed by atoms with Gasteiger partial charge < -0.3 is 10.4 Å². The summed E-state index contributed by atoms with van der Waals surface area (Å²) < 4.78 is 1.72. The van der Waals surface area contributed by atoms with Crippen LogP contribution >= 0.6 is 11.6 Å². The van der Waals surface area contributed by atoms with Crippen LogP contribution in [0.1, 0.15) is 24.6 Å². The summed E-state index contributed by atoms with van der Waals surface area (Å²) in [6.45, 7) is 2.08. The molecule has 0 aliphatic heterocycles. The van der Waals surface area contributed by atoms with Gasteiger partial charge in [0.2, 0.25) is 0 Å².